The summed E-state index contributed by atoms with van der Waals surface area (Å²) in [4.78, 5) is 22.6. The van der Waals surface area contributed by atoms with Gasteiger partial charge in [0.25, 0.3) is 0 Å². The van der Waals surface area contributed by atoms with Gasteiger partial charge in [-0.05, 0) is 30.7 Å². The summed E-state index contributed by atoms with van der Waals surface area (Å²) in [5, 5.41) is 5.49. The summed E-state index contributed by atoms with van der Waals surface area (Å²) in [5.41, 5.74) is 2.33. The van der Waals surface area contributed by atoms with Gasteiger partial charge in [-0.3, -0.25) is 9.59 Å². The standard InChI is InChI=1S/C13H17ClN2O2/c1-8-6-11(16-13(18)9(2)7-14)4-5-12(8)15-10(3)17/h4-6,9H,7H2,1-3H3,(H,15,17)(H,16,18). The lowest BCUT2D eigenvalue weighted by Gasteiger charge is -2.12. The first kappa shape index (κ1) is 14.5. The topological polar surface area (TPSA) is 58.2 Å². The molecule has 2 N–H and O–H groups in total. The van der Waals surface area contributed by atoms with E-state index in [0.29, 0.717) is 5.69 Å². The molecule has 1 rings (SSSR count). The number of hydrogen-bond donors (Lipinski definition) is 2. The number of alkyl halides is 1. The van der Waals surface area contributed by atoms with Crippen molar-refractivity contribution in [2.75, 3.05) is 16.5 Å². The average Bonchev–Trinajstić information content (AvgIpc) is 2.31. The van der Waals surface area contributed by atoms with Gasteiger partial charge in [-0.25, -0.2) is 0 Å². The fourth-order valence-electron chi connectivity index (χ4n) is 1.41. The van der Waals surface area contributed by atoms with Crippen molar-refractivity contribution in [3.63, 3.8) is 0 Å². The van der Waals surface area contributed by atoms with Gasteiger partial charge in [0.1, 0.15) is 0 Å². The maximum atomic E-state index is 11.7. The number of halogens is 1. The van der Waals surface area contributed by atoms with Crippen molar-refractivity contribution < 1.29 is 9.59 Å². The maximum absolute atomic E-state index is 11.7. The minimum absolute atomic E-state index is 0.114. The summed E-state index contributed by atoms with van der Waals surface area (Å²) in [6.07, 6.45) is 0. The van der Waals surface area contributed by atoms with E-state index in [-0.39, 0.29) is 23.6 Å². The number of amides is 2. The molecule has 0 aliphatic rings. The first-order chi connectivity index (χ1) is 8.43. The lowest BCUT2D eigenvalue weighted by Crippen LogP contribution is -2.21. The Labute approximate surface area is 112 Å². The predicted molar refractivity (Wildman–Crippen MR) is 74.0 cm³/mol. The second-order valence-electron chi connectivity index (χ2n) is 4.26. The van der Waals surface area contributed by atoms with Gasteiger partial charge < -0.3 is 10.6 Å². The second kappa shape index (κ2) is 6.40. The third-order valence-corrected chi connectivity index (χ3v) is 2.95. The van der Waals surface area contributed by atoms with Crippen molar-refractivity contribution in [3.05, 3.63) is 23.8 Å². The van der Waals surface area contributed by atoms with Crippen molar-refractivity contribution in [2.45, 2.75) is 20.8 Å². The van der Waals surface area contributed by atoms with Gasteiger partial charge in [-0.1, -0.05) is 6.92 Å². The van der Waals surface area contributed by atoms with E-state index < -0.39 is 0 Å². The van der Waals surface area contributed by atoms with Crippen LogP contribution in [-0.2, 0) is 9.59 Å². The second-order valence-corrected chi connectivity index (χ2v) is 4.56. The number of hydrogen-bond acceptors (Lipinski definition) is 2. The van der Waals surface area contributed by atoms with Crippen LogP contribution in [0.5, 0.6) is 0 Å². The van der Waals surface area contributed by atoms with Crippen LogP contribution in [0.1, 0.15) is 19.4 Å². The number of benzene rings is 1. The van der Waals surface area contributed by atoms with Crippen LogP contribution in [0.3, 0.4) is 0 Å². The Hall–Kier alpha value is -1.55. The zero-order valence-corrected chi connectivity index (χ0v) is 11.5. The van der Waals surface area contributed by atoms with Crippen LogP contribution < -0.4 is 10.6 Å². The van der Waals surface area contributed by atoms with Crippen molar-refractivity contribution in [1.82, 2.24) is 0 Å². The quantitative estimate of drug-likeness (QED) is 0.825. The summed E-state index contributed by atoms with van der Waals surface area (Å²) in [7, 11) is 0. The fourth-order valence-corrected chi connectivity index (χ4v) is 1.55. The van der Waals surface area contributed by atoms with Crippen LogP contribution in [-0.4, -0.2) is 17.7 Å². The number of rotatable bonds is 4. The first-order valence-electron chi connectivity index (χ1n) is 5.69. The molecule has 0 aromatic heterocycles. The fraction of sp³-hybridized carbons (Fsp3) is 0.385. The van der Waals surface area contributed by atoms with E-state index in [1.165, 1.54) is 6.92 Å². The van der Waals surface area contributed by atoms with Crippen LogP contribution in [0.15, 0.2) is 18.2 Å². The minimum atomic E-state index is -0.234. The highest BCUT2D eigenvalue weighted by atomic mass is 35.5. The van der Waals surface area contributed by atoms with Gasteiger partial charge in [0, 0.05) is 30.1 Å². The van der Waals surface area contributed by atoms with E-state index in [2.05, 4.69) is 10.6 Å². The number of nitrogens with one attached hydrogen (secondary N) is 2. The molecule has 18 heavy (non-hydrogen) atoms. The number of anilines is 2. The smallest absolute Gasteiger partial charge is 0.228 e. The Morgan fingerprint density at radius 2 is 2.00 bits per heavy atom. The molecular weight excluding hydrogens is 252 g/mol. The van der Waals surface area contributed by atoms with Crippen molar-refractivity contribution in [3.8, 4) is 0 Å². The molecule has 0 saturated carbocycles. The summed E-state index contributed by atoms with van der Waals surface area (Å²) < 4.78 is 0. The molecule has 0 aliphatic heterocycles. The maximum Gasteiger partial charge on any atom is 0.228 e. The van der Waals surface area contributed by atoms with Gasteiger partial charge in [0.05, 0.1) is 0 Å². The average molecular weight is 269 g/mol. The molecule has 1 unspecified atom stereocenters. The molecule has 98 valence electrons. The van der Waals surface area contributed by atoms with Crippen molar-refractivity contribution in [2.24, 2.45) is 5.92 Å². The first-order valence-corrected chi connectivity index (χ1v) is 6.22. The third kappa shape index (κ3) is 4.04. The van der Waals surface area contributed by atoms with Gasteiger partial charge in [0.2, 0.25) is 11.8 Å². The van der Waals surface area contributed by atoms with Crippen LogP contribution in [0.2, 0.25) is 0 Å². The molecule has 1 aromatic rings. The van der Waals surface area contributed by atoms with Crippen molar-refractivity contribution in [1.29, 1.82) is 0 Å². The molecule has 1 atom stereocenters. The number of carbonyl (C=O) groups is 2. The molecule has 0 heterocycles. The van der Waals surface area contributed by atoms with E-state index in [1.54, 1.807) is 19.1 Å². The molecule has 0 bridgehead atoms. The monoisotopic (exact) mass is 268 g/mol. The molecular formula is C13H17ClN2O2. The van der Waals surface area contributed by atoms with Crippen molar-refractivity contribution >= 4 is 34.8 Å². The molecule has 1 aromatic carbocycles. The zero-order valence-electron chi connectivity index (χ0n) is 10.7. The highest BCUT2D eigenvalue weighted by Crippen LogP contribution is 2.20. The summed E-state index contributed by atoms with van der Waals surface area (Å²) >= 11 is 5.62. The molecule has 0 saturated heterocycles. The van der Waals surface area contributed by atoms with Crippen LogP contribution in [0.4, 0.5) is 11.4 Å². The Bertz CT molecular complexity index is 460. The molecule has 0 aliphatic carbocycles. The van der Waals surface area contributed by atoms with E-state index >= 15 is 0 Å². The normalized spacial score (nSPS) is 11.8. The summed E-state index contributed by atoms with van der Waals surface area (Å²) in [6, 6.07) is 5.32. The molecule has 0 radical (unpaired) electrons. The van der Waals surface area contributed by atoms with Gasteiger partial charge in [0.15, 0.2) is 0 Å². The van der Waals surface area contributed by atoms with Gasteiger partial charge in [-0.2, -0.15) is 0 Å². The molecule has 2 amide bonds. The highest BCUT2D eigenvalue weighted by molar-refractivity contribution is 6.19. The largest absolute Gasteiger partial charge is 0.326 e. The Kier molecular flexibility index (Phi) is 5.16. The summed E-state index contributed by atoms with van der Waals surface area (Å²) in [5.74, 6) is -0.182. The lowest BCUT2D eigenvalue weighted by molar-refractivity contribution is -0.118. The van der Waals surface area contributed by atoms with Gasteiger partial charge in [-0.15, -0.1) is 11.6 Å². The molecule has 0 fully saturated rings. The zero-order chi connectivity index (χ0) is 13.7. The van der Waals surface area contributed by atoms with Gasteiger partial charge >= 0.3 is 0 Å². The summed E-state index contributed by atoms with van der Waals surface area (Å²) in [6.45, 7) is 5.09. The predicted octanol–water partition coefficient (Wildman–Crippen LogP) is 2.77. The van der Waals surface area contributed by atoms with Crippen LogP contribution >= 0.6 is 11.6 Å². The molecule has 0 spiro atoms. The Morgan fingerprint density at radius 1 is 1.33 bits per heavy atom. The minimum Gasteiger partial charge on any atom is -0.326 e. The van der Waals surface area contributed by atoms with E-state index in [0.717, 1.165) is 11.3 Å². The van der Waals surface area contributed by atoms with E-state index in [9.17, 15) is 9.59 Å². The van der Waals surface area contributed by atoms with Crippen LogP contribution in [0.25, 0.3) is 0 Å². The van der Waals surface area contributed by atoms with E-state index in [4.69, 9.17) is 11.6 Å². The number of aryl methyl sites for hydroxylation is 1. The van der Waals surface area contributed by atoms with E-state index in [1.807, 2.05) is 13.0 Å². The lowest BCUT2D eigenvalue weighted by atomic mass is 10.1. The molecule has 5 heteroatoms. The Balaban J connectivity index is 2.78. The Morgan fingerprint density at radius 3 is 2.50 bits per heavy atom. The molecule has 4 nitrogen and oxygen atoms in total. The highest BCUT2D eigenvalue weighted by Gasteiger charge is 2.12. The SMILES string of the molecule is CC(=O)Nc1ccc(NC(=O)C(C)CCl)cc1C. The third-order valence-electron chi connectivity index (χ3n) is 2.48. The number of carbonyl (C=O) groups excluding carboxylic acids is 2. The van der Waals surface area contributed by atoms with Crippen LogP contribution in [0, 0.1) is 12.8 Å².